The van der Waals surface area contributed by atoms with Crippen LogP contribution in [0.3, 0.4) is 0 Å². The lowest BCUT2D eigenvalue weighted by atomic mass is 9.65. The van der Waals surface area contributed by atoms with Gasteiger partial charge in [-0.05, 0) is 99.7 Å². The highest BCUT2D eigenvalue weighted by Crippen LogP contribution is 2.53. The monoisotopic (exact) mass is 696 g/mol. The van der Waals surface area contributed by atoms with Gasteiger partial charge < -0.3 is 13.3 Å². The van der Waals surface area contributed by atoms with Gasteiger partial charge in [0.1, 0.15) is 0 Å². The highest BCUT2D eigenvalue weighted by Gasteiger charge is 2.44. The van der Waals surface area contributed by atoms with Crippen molar-refractivity contribution in [2.75, 3.05) is 0 Å². The average Bonchev–Trinajstić information content (AvgIpc) is 4.00. The molecular weight excluding hydrogens is 637 g/mol. The van der Waals surface area contributed by atoms with E-state index in [2.05, 4.69) is 0 Å². The second-order valence-electron chi connectivity index (χ2n) is 18.5. The van der Waals surface area contributed by atoms with Crippen molar-refractivity contribution >= 4 is 0 Å². The Morgan fingerprint density at radius 3 is 1.22 bits per heavy atom. The largest absolute Gasteiger partial charge is 0.425 e. The zero-order valence-electron chi connectivity index (χ0n) is 30.8. The van der Waals surface area contributed by atoms with E-state index in [9.17, 15) is 0 Å². The normalized spacial score (nSPS) is 40.2. The van der Waals surface area contributed by atoms with Crippen LogP contribution in [0.2, 0.25) is 0 Å². The van der Waals surface area contributed by atoms with Gasteiger partial charge in [0.2, 0.25) is 35.3 Å². The van der Waals surface area contributed by atoms with Gasteiger partial charge in [-0.2, -0.15) is 0 Å². The molecule has 11 atom stereocenters. The summed E-state index contributed by atoms with van der Waals surface area (Å²) in [5, 5.41) is 28.7. The zero-order valence-corrected chi connectivity index (χ0v) is 30.8. The number of aromatic nitrogens is 6. The topological polar surface area (TPSA) is 117 Å². The van der Waals surface area contributed by atoms with Crippen LogP contribution in [-0.4, -0.2) is 30.6 Å². The second kappa shape index (κ2) is 14.3. The molecule has 0 N–H and O–H groups in total. The molecule has 9 nitrogen and oxygen atoms in total. The molecule has 11 unspecified atom stereocenters. The molecule has 0 spiro atoms. The SMILES string of the molecule is C1CCC2CC(c3nnc(C4CC(c5nnc(C6CCCC7CCCCC76)o5)CC(c5nnc(C6CCCC7CCCCC76)o5)C4)o3)CCC2C1. The molecule has 51 heavy (non-hydrogen) atoms. The van der Waals surface area contributed by atoms with E-state index in [0.717, 1.165) is 78.3 Å². The first-order chi connectivity index (χ1) is 25.2. The average molecular weight is 697 g/mol. The van der Waals surface area contributed by atoms with Crippen molar-refractivity contribution in [3.63, 3.8) is 0 Å². The standard InChI is InChI=1S/C42H60N6O3/c1-2-12-28-21-29(20-19-25(28)9-1)37-43-44-38(49-37)30-22-31(39-45-47-41(50-39)35-17-7-13-26-10-3-5-15-33(26)35)24-32(23-30)40-46-48-42(51-40)36-18-8-14-27-11-4-6-16-34(27)36/h25-36H,1-24H2. The molecule has 7 fully saturated rings. The summed E-state index contributed by atoms with van der Waals surface area (Å²) in [5.41, 5.74) is 0. The van der Waals surface area contributed by atoms with Crippen LogP contribution in [-0.2, 0) is 0 Å². The number of nitrogens with zero attached hydrogens (tertiary/aromatic N) is 6. The van der Waals surface area contributed by atoms with Crippen molar-refractivity contribution in [1.29, 1.82) is 0 Å². The Morgan fingerprint density at radius 1 is 0.294 bits per heavy atom. The Balaban J connectivity index is 0.912. The van der Waals surface area contributed by atoms with Gasteiger partial charge >= 0.3 is 0 Å². The number of hydrogen-bond acceptors (Lipinski definition) is 9. The summed E-state index contributed by atoms with van der Waals surface area (Å²) in [6.45, 7) is 0. The summed E-state index contributed by atoms with van der Waals surface area (Å²) >= 11 is 0. The summed E-state index contributed by atoms with van der Waals surface area (Å²) in [6.07, 6.45) is 30.4. The summed E-state index contributed by atoms with van der Waals surface area (Å²) in [7, 11) is 0. The van der Waals surface area contributed by atoms with E-state index in [1.807, 2.05) is 0 Å². The first-order valence-corrected chi connectivity index (χ1v) is 21.7. The summed E-state index contributed by atoms with van der Waals surface area (Å²) in [6, 6.07) is 0. The summed E-state index contributed by atoms with van der Waals surface area (Å²) in [5.74, 6) is 11.3. The van der Waals surface area contributed by atoms with E-state index < -0.39 is 0 Å². The van der Waals surface area contributed by atoms with Crippen LogP contribution in [0, 0.1) is 35.5 Å². The molecule has 0 radical (unpaired) electrons. The minimum Gasteiger partial charge on any atom is -0.425 e. The molecule has 3 aromatic rings. The predicted molar refractivity (Wildman–Crippen MR) is 191 cm³/mol. The molecule has 0 saturated heterocycles. The zero-order chi connectivity index (χ0) is 33.7. The third-order valence-corrected chi connectivity index (χ3v) is 15.8. The van der Waals surface area contributed by atoms with Crippen molar-refractivity contribution in [1.82, 2.24) is 30.6 Å². The van der Waals surface area contributed by atoms with Crippen molar-refractivity contribution in [3.05, 3.63) is 35.3 Å². The van der Waals surface area contributed by atoms with Crippen molar-refractivity contribution in [3.8, 4) is 0 Å². The summed E-state index contributed by atoms with van der Waals surface area (Å²) < 4.78 is 20.1. The molecule has 7 saturated carbocycles. The first-order valence-electron chi connectivity index (χ1n) is 21.7. The summed E-state index contributed by atoms with van der Waals surface area (Å²) in [4.78, 5) is 0. The number of fused-ring (bicyclic) bond motifs is 3. The Labute approximate surface area is 303 Å². The fourth-order valence-corrected chi connectivity index (χ4v) is 13.2. The van der Waals surface area contributed by atoms with E-state index in [4.69, 9.17) is 43.8 Å². The Bertz CT molecular complexity index is 1530. The van der Waals surface area contributed by atoms with Crippen molar-refractivity contribution in [2.45, 2.75) is 190 Å². The molecule has 3 aromatic heterocycles. The van der Waals surface area contributed by atoms with E-state index in [0.29, 0.717) is 29.6 Å². The van der Waals surface area contributed by atoms with E-state index >= 15 is 0 Å². The van der Waals surface area contributed by atoms with Gasteiger partial charge in [-0.1, -0.05) is 89.9 Å². The molecule has 3 heterocycles. The molecule has 9 heteroatoms. The van der Waals surface area contributed by atoms with Crippen molar-refractivity contribution < 1.29 is 13.3 Å². The van der Waals surface area contributed by atoms with Crippen LogP contribution in [0.4, 0.5) is 0 Å². The third-order valence-electron chi connectivity index (χ3n) is 15.8. The number of rotatable bonds is 6. The van der Waals surface area contributed by atoms with Gasteiger partial charge in [0.25, 0.3) is 0 Å². The minimum absolute atomic E-state index is 0.0986. The Hall–Kier alpha value is -2.58. The third kappa shape index (κ3) is 6.53. The highest BCUT2D eigenvalue weighted by molar-refractivity contribution is 5.12. The smallest absolute Gasteiger partial charge is 0.219 e. The molecule has 7 aliphatic rings. The van der Waals surface area contributed by atoms with Gasteiger partial charge in [-0.25, -0.2) is 0 Å². The predicted octanol–water partition coefficient (Wildman–Crippen LogP) is 10.9. The van der Waals surface area contributed by atoms with E-state index in [1.165, 1.54) is 135 Å². The van der Waals surface area contributed by atoms with Crippen LogP contribution in [0.15, 0.2) is 13.3 Å². The molecule has 10 rings (SSSR count). The maximum atomic E-state index is 6.73. The maximum absolute atomic E-state index is 6.73. The van der Waals surface area contributed by atoms with Gasteiger partial charge in [-0.3, -0.25) is 0 Å². The van der Waals surface area contributed by atoms with Gasteiger partial charge in [0.05, 0.1) is 0 Å². The lowest BCUT2D eigenvalue weighted by Crippen LogP contribution is -2.29. The van der Waals surface area contributed by atoms with Crippen LogP contribution in [0.25, 0.3) is 0 Å². The Morgan fingerprint density at radius 2 is 0.686 bits per heavy atom. The lowest BCUT2D eigenvalue weighted by molar-refractivity contribution is 0.126. The van der Waals surface area contributed by atoms with E-state index in [-0.39, 0.29) is 17.8 Å². The molecule has 0 aliphatic heterocycles. The van der Waals surface area contributed by atoms with Crippen molar-refractivity contribution in [2.24, 2.45) is 35.5 Å². The van der Waals surface area contributed by atoms with Crippen LogP contribution in [0.5, 0.6) is 0 Å². The molecular formula is C42H60N6O3. The molecule has 276 valence electrons. The second-order valence-corrected chi connectivity index (χ2v) is 18.5. The quantitative estimate of drug-likeness (QED) is 0.248. The van der Waals surface area contributed by atoms with E-state index in [1.54, 1.807) is 0 Å². The first kappa shape index (κ1) is 33.0. The maximum Gasteiger partial charge on any atom is 0.219 e. The highest BCUT2D eigenvalue weighted by atomic mass is 16.4. The molecule has 0 bridgehead atoms. The van der Waals surface area contributed by atoms with Crippen LogP contribution in [0.1, 0.15) is 225 Å². The van der Waals surface area contributed by atoms with Crippen LogP contribution < -0.4 is 0 Å². The van der Waals surface area contributed by atoms with Gasteiger partial charge in [0, 0.05) is 35.5 Å². The fourth-order valence-electron chi connectivity index (χ4n) is 13.2. The van der Waals surface area contributed by atoms with Gasteiger partial charge in [0.15, 0.2) is 0 Å². The molecule has 0 amide bonds. The fraction of sp³-hybridized carbons (Fsp3) is 0.857. The molecule has 7 aliphatic carbocycles. The Kier molecular flexibility index (Phi) is 9.28. The minimum atomic E-state index is 0.0986. The lowest BCUT2D eigenvalue weighted by Gasteiger charge is -2.39. The van der Waals surface area contributed by atoms with Crippen LogP contribution >= 0.6 is 0 Å². The number of hydrogen-bond donors (Lipinski definition) is 0. The van der Waals surface area contributed by atoms with Gasteiger partial charge in [-0.15, -0.1) is 30.6 Å². The molecule has 0 aromatic carbocycles.